The lowest BCUT2D eigenvalue weighted by Gasteiger charge is -2.09. The fourth-order valence-electron chi connectivity index (χ4n) is 3.09. The average molecular weight is 390 g/mol. The molecule has 0 aliphatic carbocycles. The minimum Gasteiger partial charge on any atom is -0.497 e. The zero-order valence-electron chi connectivity index (χ0n) is 16.8. The Bertz CT molecular complexity index is 1150. The van der Waals surface area contributed by atoms with Crippen molar-refractivity contribution in [3.63, 3.8) is 0 Å². The summed E-state index contributed by atoms with van der Waals surface area (Å²) in [6, 6.07) is 34.2. The van der Waals surface area contributed by atoms with Gasteiger partial charge in [0, 0.05) is 18.0 Å². The van der Waals surface area contributed by atoms with E-state index in [1.807, 2.05) is 109 Å². The van der Waals surface area contributed by atoms with Crippen molar-refractivity contribution in [2.45, 2.75) is 0 Å². The fraction of sp³-hybridized carbons (Fsp3) is 0.0370. The average Bonchev–Trinajstić information content (AvgIpc) is 2.83. The Hall–Kier alpha value is -3.98. The van der Waals surface area contributed by atoms with Gasteiger partial charge in [0.05, 0.1) is 18.5 Å². The number of hydrogen-bond donors (Lipinski definition) is 0. The molecule has 4 rings (SSSR count). The lowest BCUT2D eigenvalue weighted by Crippen LogP contribution is -1.85. The van der Waals surface area contributed by atoms with Crippen molar-refractivity contribution in [3.05, 3.63) is 114 Å². The van der Waals surface area contributed by atoms with Crippen LogP contribution in [0.4, 0.5) is 11.4 Å². The predicted octanol–water partition coefficient (Wildman–Crippen LogP) is 6.86. The predicted molar refractivity (Wildman–Crippen MR) is 126 cm³/mol. The van der Waals surface area contributed by atoms with Gasteiger partial charge in [-0.05, 0) is 47.0 Å². The molecule has 0 N–H and O–H groups in total. The molecule has 3 nitrogen and oxygen atoms in total. The zero-order valence-corrected chi connectivity index (χ0v) is 16.8. The van der Waals surface area contributed by atoms with Crippen LogP contribution in [0.15, 0.2) is 113 Å². The fourth-order valence-corrected chi connectivity index (χ4v) is 3.09. The van der Waals surface area contributed by atoms with E-state index in [1.54, 1.807) is 7.11 Å². The van der Waals surface area contributed by atoms with Crippen molar-refractivity contribution in [3.8, 4) is 16.9 Å². The molecule has 0 radical (unpaired) electrons. The summed E-state index contributed by atoms with van der Waals surface area (Å²) in [6.07, 6.45) is 3.76. The van der Waals surface area contributed by atoms with Crippen LogP contribution in [0.1, 0.15) is 11.1 Å². The summed E-state index contributed by atoms with van der Waals surface area (Å²) in [7, 11) is 1.67. The molecule has 0 amide bonds. The summed E-state index contributed by atoms with van der Waals surface area (Å²) in [5.41, 5.74) is 5.98. The summed E-state index contributed by atoms with van der Waals surface area (Å²) in [6.45, 7) is 0. The SMILES string of the molecule is COc1ccc(-c2cc(N=Cc3ccccc3)ccc2N=Cc2ccccc2)cc1. The maximum absolute atomic E-state index is 5.30. The summed E-state index contributed by atoms with van der Waals surface area (Å²) >= 11 is 0. The number of aliphatic imine (C=N–C) groups is 2. The first-order valence-corrected chi connectivity index (χ1v) is 9.78. The Morgan fingerprint density at radius 2 is 1.23 bits per heavy atom. The highest BCUT2D eigenvalue weighted by atomic mass is 16.5. The van der Waals surface area contributed by atoms with Crippen molar-refractivity contribution < 1.29 is 4.74 Å². The third kappa shape index (κ3) is 4.89. The van der Waals surface area contributed by atoms with Crippen LogP contribution in [0.5, 0.6) is 5.75 Å². The third-order valence-corrected chi connectivity index (χ3v) is 4.70. The highest BCUT2D eigenvalue weighted by molar-refractivity contribution is 5.88. The van der Waals surface area contributed by atoms with E-state index < -0.39 is 0 Å². The van der Waals surface area contributed by atoms with Crippen molar-refractivity contribution in [2.75, 3.05) is 7.11 Å². The second-order valence-corrected chi connectivity index (χ2v) is 6.77. The van der Waals surface area contributed by atoms with E-state index >= 15 is 0 Å². The van der Waals surface area contributed by atoms with Crippen molar-refractivity contribution >= 4 is 23.8 Å². The van der Waals surface area contributed by atoms with Crippen molar-refractivity contribution in [1.29, 1.82) is 0 Å². The topological polar surface area (TPSA) is 34.0 Å². The summed E-state index contributed by atoms with van der Waals surface area (Å²) < 4.78 is 5.30. The van der Waals surface area contributed by atoms with Gasteiger partial charge in [-0.3, -0.25) is 9.98 Å². The largest absolute Gasteiger partial charge is 0.497 e. The van der Waals surface area contributed by atoms with Gasteiger partial charge in [0.25, 0.3) is 0 Å². The van der Waals surface area contributed by atoms with E-state index in [1.165, 1.54) is 0 Å². The Morgan fingerprint density at radius 3 is 1.83 bits per heavy atom. The van der Waals surface area contributed by atoms with Gasteiger partial charge in [-0.1, -0.05) is 72.8 Å². The van der Waals surface area contributed by atoms with E-state index in [2.05, 4.69) is 11.1 Å². The van der Waals surface area contributed by atoms with Gasteiger partial charge in [0.15, 0.2) is 0 Å². The van der Waals surface area contributed by atoms with Crippen LogP contribution in [-0.2, 0) is 0 Å². The molecular formula is C27H22N2O. The normalized spacial score (nSPS) is 11.2. The number of benzene rings is 4. The molecule has 4 aromatic carbocycles. The van der Waals surface area contributed by atoms with Gasteiger partial charge in [-0.25, -0.2) is 0 Å². The first-order valence-electron chi connectivity index (χ1n) is 9.78. The number of nitrogens with zero attached hydrogens (tertiary/aromatic N) is 2. The highest BCUT2D eigenvalue weighted by Crippen LogP contribution is 2.34. The Balaban J connectivity index is 1.71. The van der Waals surface area contributed by atoms with Crippen LogP contribution in [0.3, 0.4) is 0 Å². The number of rotatable bonds is 6. The molecule has 0 saturated heterocycles. The van der Waals surface area contributed by atoms with Crippen molar-refractivity contribution in [2.24, 2.45) is 9.98 Å². The van der Waals surface area contributed by atoms with E-state index in [0.29, 0.717) is 0 Å². The molecule has 0 spiro atoms. The smallest absolute Gasteiger partial charge is 0.118 e. The highest BCUT2D eigenvalue weighted by Gasteiger charge is 2.06. The van der Waals surface area contributed by atoms with Gasteiger partial charge in [0.1, 0.15) is 5.75 Å². The van der Waals surface area contributed by atoms with E-state index in [9.17, 15) is 0 Å². The molecule has 0 atom stereocenters. The second kappa shape index (κ2) is 9.48. The maximum atomic E-state index is 5.30. The molecule has 0 aromatic heterocycles. The molecule has 0 saturated carbocycles. The molecule has 0 bridgehead atoms. The van der Waals surface area contributed by atoms with Crippen LogP contribution >= 0.6 is 0 Å². The van der Waals surface area contributed by atoms with Crippen LogP contribution in [-0.4, -0.2) is 19.5 Å². The summed E-state index contributed by atoms with van der Waals surface area (Å²) in [5.74, 6) is 0.825. The molecule has 146 valence electrons. The minimum absolute atomic E-state index is 0.825. The van der Waals surface area contributed by atoms with E-state index in [4.69, 9.17) is 9.73 Å². The van der Waals surface area contributed by atoms with Gasteiger partial charge in [-0.15, -0.1) is 0 Å². The van der Waals surface area contributed by atoms with Crippen LogP contribution < -0.4 is 4.74 Å². The van der Waals surface area contributed by atoms with Crippen molar-refractivity contribution in [1.82, 2.24) is 0 Å². The van der Waals surface area contributed by atoms with E-state index in [0.717, 1.165) is 39.4 Å². The first-order chi connectivity index (χ1) is 14.8. The first kappa shape index (κ1) is 19.3. The number of ether oxygens (including phenoxy) is 1. The molecule has 0 aliphatic rings. The van der Waals surface area contributed by atoms with Crippen LogP contribution in [0.25, 0.3) is 11.1 Å². The Labute approximate surface area is 177 Å². The monoisotopic (exact) mass is 390 g/mol. The number of methoxy groups -OCH3 is 1. The molecule has 0 heterocycles. The molecule has 4 aromatic rings. The molecule has 3 heteroatoms. The summed E-state index contributed by atoms with van der Waals surface area (Å²) in [5, 5.41) is 0. The molecular weight excluding hydrogens is 368 g/mol. The van der Waals surface area contributed by atoms with Gasteiger partial charge in [-0.2, -0.15) is 0 Å². The molecule has 0 aliphatic heterocycles. The van der Waals surface area contributed by atoms with Crippen LogP contribution in [0, 0.1) is 0 Å². The zero-order chi connectivity index (χ0) is 20.6. The second-order valence-electron chi connectivity index (χ2n) is 6.77. The van der Waals surface area contributed by atoms with Gasteiger partial charge < -0.3 is 4.74 Å². The quantitative estimate of drug-likeness (QED) is 0.331. The third-order valence-electron chi connectivity index (χ3n) is 4.70. The molecule has 30 heavy (non-hydrogen) atoms. The van der Waals surface area contributed by atoms with Crippen LogP contribution in [0.2, 0.25) is 0 Å². The van der Waals surface area contributed by atoms with E-state index in [-0.39, 0.29) is 0 Å². The van der Waals surface area contributed by atoms with Gasteiger partial charge in [0.2, 0.25) is 0 Å². The lowest BCUT2D eigenvalue weighted by atomic mass is 10.0. The lowest BCUT2D eigenvalue weighted by molar-refractivity contribution is 0.415. The Kier molecular flexibility index (Phi) is 6.11. The molecule has 0 fully saturated rings. The number of hydrogen-bond acceptors (Lipinski definition) is 3. The minimum atomic E-state index is 0.825. The standard InChI is InChI=1S/C27H22N2O/c1-30-25-15-12-23(13-16-25)26-18-24(28-19-21-8-4-2-5-9-21)14-17-27(26)29-20-22-10-6-3-7-11-22/h2-20H,1H3. The van der Waals surface area contributed by atoms with Gasteiger partial charge >= 0.3 is 0 Å². The molecule has 0 unspecified atom stereocenters. The maximum Gasteiger partial charge on any atom is 0.118 e. The summed E-state index contributed by atoms with van der Waals surface area (Å²) in [4.78, 5) is 9.40. The Morgan fingerprint density at radius 1 is 0.633 bits per heavy atom.